The Morgan fingerprint density at radius 2 is 2.13 bits per heavy atom. The number of phenolic OH excluding ortho intramolecular Hbond substituents is 2. The molecule has 15 heavy (non-hydrogen) atoms. The Morgan fingerprint density at radius 1 is 1.53 bits per heavy atom. The van der Waals surface area contributed by atoms with Crippen LogP contribution in [0.3, 0.4) is 0 Å². The Hall–Kier alpha value is -1.14. The molecule has 0 spiro atoms. The van der Waals surface area contributed by atoms with Gasteiger partial charge in [0.2, 0.25) is 5.82 Å². The highest BCUT2D eigenvalue weighted by atomic mass is 79.9. The average Bonchev–Trinajstić information content (AvgIpc) is 2.20. The number of likely N-dealkylation sites (N-methyl/N-ethyl adjacent to an activating group) is 1. The number of rotatable bonds is 3. The van der Waals surface area contributed by atoms with Gasteiger partial charge in [0.1, 0.15) is 0 Å². The highest BCUT2D eigenvalue weighted by Gasteiger charge is 2.19. The summed E-state index contributed by atoms with van der Waals surface area (Å²) < 4.78 is 13.2. The number of Topliss-reactive ketones (excluding diaryl/α,β-unsaturated/α-hetero) is 1. The number of hydrogen-bond acceptors (Lipinski definition) is 4. The Balaban J connectivity index is 3.26. The van der Waals surface area contributed by atoms with Gasteiger partial charge in [-0.15, -0.1) is 0 Å². The summed E-state index contributed by atoms with van der Waals surface area (Å²) in [6, 6.07) is 1.17. The zero-order valence-electron chi connectivity index (χ0n) is 7.84. The van der Waals surface area contributed by atoms with Crippen molar-refractivity contribution in [3.05, 3.63) is 21.9 Å². The number of aromatic hydroxyl groups is 2. The maximum absolute atomic E-state index is 13.2. The van der Waals surface area contributed by atoms with Crippen molar-refractivity contribution in [2.75, 3.05) is 13.6 Å². The molecule has 3 N–H and O–H groups in total. The molecule has 0 saturated carbocycles. The monoisotopic (exact) mass is 277 g/mol. The number of benzene rings is 1. The molecule has 0 aliphatic rings. The lowest BCUT2D eigenvalue weighted by atomic mass is 10.1. The molecule has 0 heterocycles. The van der Waals surface area contributed by atoms with Crippen molar-refractivity contribution in [1.82, 2.24) is 5.32 Å². The molecule has 1 rings (SSSR count). The maximum atomic E-state index is 13.2. The molecular formula is C9H9BrFNO3. The first-order chi connectivity index (χ1) is 6.99. The largest absolute Gasteiger partial charge is 0.504 e. The van der Waals surface area contributed by atoms with Gasteiger partial charge in [0, 0.05) is 0 Å². The number of carbonyl (C=O) groups is 1. The molecule has 0 radical (unpaired) electrons. The molecule has 1 aromatic carbocycles. The van der Waals surface area contributed by atoms with Crippen LogP contribution in [-0.4, -0.2) is 29.6 Å². The van der Waals surface area contributed by atoms with E-state index in [1.165, 1.54) is 6.07 Å². The first kappa shape index (κ1) is 11.9. The molecule has 0 amide bonds. The topological polar surface area (TPSA) is 69.6 Å². The van der Waals surface area contributed by atoms with Crippen molar-refractivity contribution in [1.29, 1.82) is 0 Å². The lowest BCUT2D eigenvalue weighted by Gasteiger charge is -2.07. The van der Waals surface area contributed by atoms with E-state index in [0.29, 0.717) is 0 Å². The molecule has 0 aliphatic carbocycles. The Labute approximate surface area is 93.9 Å². The van der Waals surface area contributed by atoms with Crippen LogP contribution in [0.2, 0.25) is 0 Å². The van der Waals surface area contributed by atoms with Crippen LogP contribution in [0.15, 0.2) is 10.5 Å². The number of hydrogen-bond donors (Lipinski definition) is 3. The molecule has 0 atom stereocenters. The van der Waals surface area contributed by atoms with Gasteiger partial charge in [-0.2, -0.15) is 4.39 Å². The average molecular weight is 278 g/mol. The Morgan fingerprint density at radius 3 is 2.67 bits per heavy atom. The van der Waals surface area contributed by atoms with Gasteiger partial charge in [0.15, 0.2) is 17.3 Å². The Bertz CT molecular complexity index is 409. The normalized spacial score (nSPS) is 10.3. The minimum absolute atomic E-state index is 0.0236. The van der Waals surface area contributed by atoms with E-state index in [2.05, 4.69) is 21.2 Å². The molecule has 4 nitrogen and oxygen atoms in total. The number of ketones is 1. The number of halogens is 2. The van der Waals surface area contributed by atoms with E-state index in [1.807, 2.05) is 0 Å². The second-order valence-corrected chi connectivity index (χ2v) is 3.72. The van der Waals surface area contributed by atoms with Gasteiger partial charge < -0.3 is 15.5 Å². The number of nitrogens with one attached hydrogen (secondary N) is 1. The number of carbonyl (C=O) groups excluding carboxylic acids is 1. The van der Waals surface area contributed by atoms with Crippen molar-refractivity contribution >= 4 is 21.7 Å². The van der Waals surface area contributed by atoms with E-state index in [1.54, 1.807) is 7.05 Å². The predicted octanol–water partition coefficient (Wildman–Crippen LogP) is 1.40. The zero-order chi connectivity index (χ0) is 11.6. The SMILES string of the molecule is CNCC(=O)c1cc(Br)c(O)c(F)c1O. The van der Waals surface area contributed by atoms with E-state index in [-0.39, 0.29) is 16.6 Å². The fraction of sp³-hybridized carbons (Fsp3) is 0.222. The van der Waals surface area contributed by atoms with Crippen LogP contribution >= 0.6 is 15.9 Å². The summed E-state index contributed by atoms with van der Waals surface area (Å²) in [6.45, 7) is -0.0236. The van der Waals surface area contributed by atoms with Gasteiger partial charge in [0.25, 0.3) is 0 Å². The van der Waals surface area contributed by atoms with Crippen molar-refractivity contribution in [2.24, 2.45) is 0 Å². The van der Waals surface area contributed by atoms with E-state index in [9.17, 15) is 14.3 Å². The summed E-state index contributed by atoms with van der Waals surface area (Å²) >= 11 is 2.88. The minimum atomic E-state index is -1.20. The summed E-state index contributed by atoms with van der Waals surface area (Å²) in [7, 11) is 1.56. The summed E-state index contributed by atoms with van der Waals surface area (Å²) in [4.78, 5) is 11.4. The highest BCUT2D eigenvalue weighted by molar-refractivity contribution is 9.10. The van der Waals surface area contributed by atoms with E-state index >= 15 is 0 Å². The molecule has 1 aromatic rings. The summed E-state index contributed by atoms with van der Waals surface area (Å²) in [5.74, 6) is -3.22. The van der Waals surface area contributed by atoms with Crippen LogP contribution < -0.4 is 5.32 Å². The lowest BCUT2D eigenvalue weighted by molar-refractivity contribution is 0.0990. The summed E-state index contributed by atoms with van der Waals surface area (Å²) in [5, 5.41) is 21.0. The first-order valence-electron chi connectivity index (χ1n) is 4.06. The molecule has 82 valence electrons. The van der Waals surface area contributed by atoms with Gasteiger partial charge in [0.05, 0.1) is 16.6 Å². The molecule has 6 heteroatoms. The van der Waals surface area contributed by atoms with Gasteiger partial charge in [-0.25, -0.2) is 0 Å². The predicted molar refractivity (Wildman–Crippen MR) is 55.7 cm³/mol. The van der Waals surface area contributed by atoms with Crippen LogP contribution in [0.5, 0.6) is 11.5 Å². The van der Waals surface area contributed by atoms with Crippen molar-refractivity contribution in [3.63, 3.8) is 0 Å². The number of phenols is 2. The van der Waals surface area contributed by atoms with Gasteiger partial charge in [-0.1, -0.05) is 0 Å². The van der Waals surface area contributed by atoms with Gasteiger partial charge in [-0.05, 0) is 29.0 Å². The zero-order valence-corrected chi connectivity index (χ0v) is 9.43. The third kappa shape index (κ3) is 2.27. The Kier molecular flexibility index (Phi) is 3.65. The fourth-order valence-corrected chi connectivity index (χ4v) is 1.47. The smallest absolute Gasteiger partial charge is 0.208 e. The van der Waals surface area contributed by atoms with Gasteiger partial charge >= 0.3 is 0 Å². The molecule has 0 fully saturated rings. The molecule has 0 unspecified atom stereocenters. The van der Waals surface area contributed by atoms with Crippen molar-refractivity contribution in [2.45, 2.75) is 0 Å². The summed E-state index contributed by atoms with van der Waals surface area (Å²) in [5.41, 5.74) is -0.175. The third-order valence-corrected chi connectivity index (χ3v) is 2.41. The maximum Gasteiger partial charge on any atom is 0.208 e. The first-order valence-corrected chi connectivity index (χ1v) is 4.86. The molecule has 0 saturated heterocycles. The second kappa shape index (κ2) is 4.59. The van der Waals surface area contributed by atoms with Crippen LogP contribution in [-0.2, 0) is 0 Å². The van der Waals surface area contributed by atoms with Crippen LogP contribution in [0.1, 0.15) is 10.4 Å². The second-order valence-electron chi connectivity index (χ2n) is 2.87. The standard InChI is InChI=1S/C9H9BrFNO3/c1-12-3-6(13)4-2-5(10)9(15)7(11)8(4)14/h2,12,14-15H,3H2,1H3. The lowest BCUT2D eigenvalue weighted by Crippen LogP contribution is -2.18. The van der Waals surface area contributed by atoms with Crippen LogP contribution in [0.4, 0.5) is 4.39 Å². The highest BCUT2D eigenvalue weighted by Crippen LogP contribution is 2.35. The van der Waals surface area contributed by atoms with Gasteiger partial charge in [-0.3, -0.25) is 4.79 Å². The van der Waals surface area contributed by atoms with Crippen molar-refractivity contribution < 1.29 is 19.4 Å². The fourth-order valence-electron chi connectivity index (χ4n) is 1.07. The van der Waals surface area contributed by atoms with E-state index in [4.69, 9.17) is 5.11 Å². The van der Waals surface area contributed by atoms with Crippen LogP contribution in [0.25, 0.3) is 0 Å². The van der Waals surface area contributed by atoms with Crippen LogP contribution in [0, 0.1) is 5.82 Å². The minimum Gasteiger partial charge on any atom is -0.504 e. The van der Waals surface area contributed by atoms with E-state index in [0.717, 1.165) is 0 Å². The van der Waals surface area contributed by atoms with E-state index < -0.39 is 23.1 Å². The molecule has 0 bridgehead atoms. The summed E-state index contributed by atoms with van der Waals surface area (Å²) in [6.07, 6.45) is 0. The van der Waals surface area contributed by atoms with Crippen molar-refractivity contribution in [3.8, 4) is 11.5 Å². The molecule has 0 aliphatic heterocycles. The quantitative estimate of drug-likeness (QED) is 0.731. The third-order valence-electron chi connectivity index (χ3n) is 1.81. The molecule has 0 aromatic heterocycles. The molecular weight excluding hydrogens is 269 g/mol.